The number of nitrogens with zero attached hydrogens (tertiary/aromatic N) is 3. The highest BCUT2D eigenvalue weighted by molar-refractivity contribution is 8.17. The minimum absolute atomic E-state index is 0.186. The van der Waals surface area contributed by atoms with Gasteiger partial charge in [0.05, 0.1) is 23.9 Å². The zero-order valence-corrected chi connectivity index (χ0v) is 18.6. The summed E-state index contributed by atoms with van der Waals surface area (Å²) in [5.41, 5.74) is 8.37. The summed E-state index contributed by atoms with van der Waals surface area (Å²) in [6, 6.07) is 15.7. The Morgan fingerprint density at radius 1 is 1.29 bits per heavy atom. The number of rotatable bonds is 4. The second kappa shape index (κ2) is 8.67. The third kappa shape index (κ3) is 3.79. The van der Waals surface area contributed by atoms with Gasteiger partial charge in [-0.15, -0.1) is 0 Å². The Hall–Kier alpha value is -2.92. The molecule has 0 radical (unpaired) electrons. The fourth-order valence-corrected chi connectivity index (χ4v) is 4.86. The van der Waals surface area contributed by atoms with E-state index >= 15 is 0 Å². The van der Waals surface area contributed by atoms with Crippen molar-refractivity contribution in [3.8, 4) is 6.07 Å². The van der Waals surface area contributed by atoms with E-state index in [1.807, 2.05) is 30.3 Å². The molecule has 0 unspecified atom stereocenters. The van der Waals surface area contributed by atoms with Gasteiger partial charge in [-0.25, -0.2) is 9.79 Å². The molecule has 0 saturated heterocycles. The molecule has 2 aromatic carbocycles. The molecule has 2 N–H and O–H groups in total. The van der Waals surface area contributed by atoms with Gasteiger partial charge in [-0.3, -0.25) is 4.90 Å². The van der Waals surface area contributed by atoms with E-state index < -0.39 is 12.0 Å². The molecule has 2 aliphatic rings. The molecule has 31 heavy (non-hydrogen) atoms. The van der Waals surface area contributed by atoms with Gasteiger partial charge in [-0.05, 0) is 36.4 Å². The highest BCUT2D eigenvalue weighted by Gasteiger charge is 2.44. The van der Waals surface area contributed by atoms with Crippen LogP contribution in [0.4, 0.5) is 0 Å². The van der Waals surface area contributed by atoms with E-state index in [0.717, 1.165) is 17.3 Å². The molecule has 0 fully saturated rings. The number of nitriles is 1. The lowest BCUT2D eigenvalue weighted by atomic mass is 9.92. The first-order chi connectivity index (χ1) is 15.0. The van der Waals surface area contributed by atoms with Crippen LogP contribution in [0, 0.1) is 11.3 Å². The van der Waals surface area contributed by atoms with Crippen LogP contribution in [-0.2, 0) is 9.53 Å². The number of hydrogen-bond acceptors (Lipinski definition) is 7. The van der Waals surface area contributed by atoms with Crippen LogP contribution in [0.3, 0.4) is 0 Å². The maximum atomic E-state index is 13.2. The fourth-order valence-electron chi connectivity index (χ4n) is 3.48. The van der Waals surface area contributed by atoms with E-state index in [2.05, 4.69) is 6.07 Å². The number of allylic oxidation sites excluding steroid dienone is 1. The molecule has 6 nitrogen and oxygen atoms in total. The van der Waals surface area contributed by atoms with Crippen molar-refractivity contribution in [1.29, 1.82) is 5.26 Å². The number of ether oxygens (including phenoxy) is 1. The number of halogens is 2. The Kier molecular flexibility index (Phi) is 5.96. The van der Waals surface area contributed by atoms with Crippen molar-refractivity contribution >= 4 is 51.8 Å². The Balaban J connectivity index is 2.03. The summed E-state index contributed by atoms with van der Waals surface area (Å²) in [4.78, 5) is 19.9. The standard InChI is InChI=1S/C22H16Cl2N4O2S/c1-2-30-21(29)17-18(12-6-4-3-5-7-12)27-22-28(20(26)16(11-25)31-22)19(17)14-9-8-13(23)10-15(14)24/h3-10,19H,2,26H2,1H3/t19-/m0/s1. The molecule has 9 heteroatoms. The van der Waals surface area contributed by atoms with Crippen molar-refractivity contribution in [2.45, 2.75) is 13.0 Å². The number of thioether (sulfide) groups is 1. The van der Waals surface area contributed by atoms with Crippen LogP contribution >= 0.6 is 35.0 Å². The molecule has 0 amide bonds. The van der Waals surface area contributed by atoms with Gasteiger partial charge in [-0.1, -0.05) is 59.6 Å². The van der Waals surface area contributed by atoms with E-state index in [1.165, 1.54) is 0 Å². The first-order valence-electron chi connectivity index (χ1n) is 9.33. The maximum absolute atomic E-state index is 13.2. The van der Waals surface area contributed by atoms with E-state index in [9.17, 15) is 10.1 Å². The summed E-state index contributed by atoms with van der Waals surface area (Å²) in [5, 5.41) is 10.8. The van der Waals surface area contributed by atoms with Crippen molar-refractivity contribution in [1.82, 2.24) is 4.90 Å². The summed E-state index contributed by atoms with van der Waals surface area (Å²) in [6.45, 7) is 1.92. The van der Waals surface area contributed by atoms with Crippen molar-refractivity contribution in [3.63, 3.8) is 0 Å². The molecule has 4 rings (SSSR count). The Morgan fingerprint density at radius 3 is 2.68 bits per heavy atom. The molecule has 2 aromatic rings. The van der Waals surface area contributed by atoms with Crippen LogP contribution in [-0.4, -0.2) is 22.6 Å². The lowest BCUT2D eigenvalue weighted by Gasteiger charge is -2.35. The largest absolute Gasteiger partial charge is 0.463 e. The lowest BCUT2D eigenvalue weighted by molar-refractivity contribution is -0.139. The SMILES string of the molecule is CCOC(=O)C1=C(c2ccccc2)N=C2SC(C#N)=C(N)N2[C@H]1c1ccc(Cl)cc1Cl. The molecule has 2 heterocycles. The van der Waals surface area contributed by atoms with Gasteiger partial charge in [0.15, 0.2) is 5.17 Å². The first-order valence-corrected chi connectivity index (χ1v) is 10.9. The molecule has 0 spiro atoms. The molecule has 2 aliphatic heterocycles. The average molecular weight is 471 g/mol. The molecular formula is C22H16Cl2N4O2S. The molecule has 0 aliphatic carbocycles. The Labute approximate surface area is 193 Å². The minimum Gasteiger partial charge on any atom is -0.463 e. The number of nitrogens with two attached hydrogens (primary N) is 1. The Bertz CT molecular complexity index is 1200. The van der Waals surface area contributed by atoms with Crippen molar-refractivity contribution in [2.75, 3.05) is 6.61 Å². The van der Waals surface area contributed by atoms with Gasteiger partial charge in [0.25, 0.3) is 0 Å². The fraction of sp³-hybridized carbons (Fsp3) is 0.136. The molecule has 0 saturated carbocycles. The van der Waals surface area contributed by atoms with E-state index in [1.54, 1.807) is 30.0 Å². The van der Waals surface area contributed by atoms with Crippen molar-refractivity contribution in [2.24, 2.45) is 10.7 Å². The van der Waals surface area contributed by atoms with Crippen molar-refractivity contribution < 1.29 is 9.53 Å². The lowest BCUT2D eigenvalue weighted by Crippen LogP contribution is -2.39. The number of esters is 1. The molecular weight excluding hydrogens is 455 g/mol. The molecule has 0 bridgehead atoms. The predicted molar refractivity (Wildman–Crippen MR) is 123 cm³/mol. The third-order valence-corrected chi connectivity index (χ3v) is 6.32. The van der Waals surface area contributed by atoms with Crippen LogP contribution in [0.15, 0.2) is 69.8 Å². The van der Waals surface area contributed by atoms with E-state index in [-0.39, 0.29) is 18.0 Å². The summed E-state index contributed by atoms with van der Waals surface area (Å²) in [5.74, 6) is -0.334. The number of amidine groups is 1. The molecule has 0 aromatic heterocycles. The van der Waals surface area contributed by atoms with Crippen LogP contribution in [0.1, 0.15) is 24.1 Å². The van der Waals surface area contributed by atoms with Crippen LogP contribution < -0.4 is 5.73 Å². The summed E-state index contributed by atoms with van der Waals surface area (Å²) in [6.07, 6.45) is 0. The second-order valence-electron chi connectivity index (χ2n) is 6.61. The number of carbonyl (C=O) groups excluding carboxylic acids is 1. The maximum Gasteiger partial charge on any atom is 0.338 e. The summed E-state index contributed by atoms with van der Waals surface area (Å²) in [7, 11) is 0. The van der Waals surface area contributed by atoms with Gasteiger partial charge in [0, 0.05) is 15.6 Å². The number of aliphatic imine (C=N–C) groups is 1. The van der Waals surface area contributed by atoms with Crippen molar-refractivity contribution in [3.05, 3.63) is 86.0 Å². The normalized spacial score (nSPS) is 17.9. The summed E-state index contributed by atoms with van der Waals surface area (Å²) < 4.78 is 5.39. The van der Waals surface area contributed by atoms with E-state index in [0.29, 0.717) is 31.4 Å². The first kappa shape index (κ1) is 21.3. The average Bonchev–Trinajstić information content (AvgIpc) is 3.09. The topological polar surface area (TPSA) is 91.7 Å². The molecule has 156 valence electrons. The number of hydrogen-bond donors (Lipinski definition) is 1. The zero-order chi connectivity index (χ0) is 22.1. The van der Waals surface area contributed by atoms with Gasteiger partial charge >= 0.3 is 5.97 Å². The Morgan fingerprint density at radius 2 is 2.03 bits per heavy atom. The highest BCUT2D eigenvalue weighted by atomic mass is 35.5. The molecule has 1 atom stereocenters. The quantitative estimate of drug-likeness (QED) is 0.626. The zero-order valence-electron chi connectivity index (χ0n) is 16.3. The second-order valence-corrected chi connectivity index (χ2v) is 8.43. The monoisotopic (exact) mass is 470 g/mol. The van der Waals surface area contributed by atoms with Gasteiger partial charge in [-0.2, -0.15) is 5.26 Å². The van der Waals surface area contributed by atoms with Gasteiger partial charge in [0.1, 0.15) is 16.8 Å². The highest BCUT2D eigenvalue weighted by Crippen LogP contribution is 2.48. The number of benzene rings is 2. The van der Waals surface area contributed by atoms with Crippen LogP contribution in [0.25, 0.3) is 5.70 Å². The minimum atomic E-state index is -0.745. The van der Waals surface area contributed by atoms with Gasteiger partial charge in [0.2, 0.25) is 0 Å². The summed E-state index contributed by atoms with van der Waals surface area (Å²) >= 11 is 13.8. The predicted octanol–water partition coefficient (Wildman–Crippen LogP) is 5.08. The van der Waals surface area contributed by atoms with Crippen LogP contribution in [0.2, 0.25) is 10.0 Å². The van der Waals surface area contributed by atoms with Crippen LogP contribution in [0.5, 0.6) is 0 Å². The third-order valence-electron chi connectivity index (χ3n) is 4.79. The number of fused-ring (bicyclic) bond motifs is 1. The smallest absolute Gasteiger partial charge is 0.338 e. The number of carbonyl (C=O) groups is 1. The van der Waals surface area contributed by atoms with E-state index in [4.69, 9.17) is 38.7 Å². The van der Waals surface area contributed by atoms with Gasteiger partial charge < -0.3 is 10.5 Å².